The second-order valence-electron chi connectivity index (χ2n) is 3.33. The Balaban J connectivity index is 2.89. The second kappa shape index (κ2) is 6.12. The lowest BCUT2D eigenvalue weighted by Crippen LogP contribution is -2.27. The molecule has 0 saturated carbocycles. The number of ether oxygens (including phenoxy) is 1. The number of rotatable bonds is 5. The van der Waals surface area contributed by atoms with Gasteiger partial charge in [0, 0.05) is 24.3 Å². The van der Waals surface area contributed by atoms with E-state index in [1.165, 1.54) is 7.11 Å². The van der Waals surface area contributed by atoms with Crippen molar-refractivity contribution in [1.29, 1.82) is 0 Å². The SMILES string of the molecule is COCCNC(=O)c1ccc(S(=O)(=O)Cl)cc1F. The molecular formula is C10H11ClFNO4S. The predicted octanol–water partition coefficient (Wildman–Crippen LogP) is 1.13. The highest BCUT2D eigenvalue weighted by molar-refractivity contribution is 8.13. The molecule has 0 unspecified atom stereocenters. The first-order valence-corrected chi connectivity index (χ1v) is 7.18. The number of nitrogens with one attached hydrogen (secondary N) is 1. The van der Waals surface area contributed by atoms with Crippen LogP contribution in [0.3, 0.4) is 0 Å². The van der Waals surface area contributed by atoms with Gasteiger partial charge in [0.1, 0.15) is 5.82 Å². The maximum absolute atomic E-state index is 13.5. The van der Waals surface area contributed by atoms with Crippen LogP contribution in [0.1, 0.15) is 10.4 Å². The van der Waals surface area contributed by atoms with Crippen molar-refractivity contribution >= 4 is 25.6 Å². The van der Waals surface area contributed by atoms with Crippen LogP contribution in [0.15, 0.2) is 23.1 Å². The summed E-state index contributed by atoms with van der Waals surface area (Å²) >= 11 is 0. The first-order valence-electron chi connectivity index (χ1n) is 4.87. The van der Waals surface area contributed by atoms with E-state index in [1.54, 1.807) is 0 Å². The Kier molecular flexibility index (Phi) is 5.06. The van der Waals surface area contributed by atoms with Gasteiger partial charge in [-0.25, -0.2) is 12.8 Å². The van der Waals surface area contributed by atoms with Gasteiger partial charge in [-0.2, -0.15) is 0 Å². The molecule has 0 aliphatic heterocycles. The zero-order valence-corrected chi connectivity index (χ0v) is 11.0. The Morgan fingerprint density at radius 2 is 2.17 bits per heavy atom. The third-order valence-corrected chi connectivity index (χ3v) is 3.41. The zero-order chi connectivity index (χ0) is 13.8. The highest BCUT2D eigenvalue weighted by Crippen LogP contribution is 2.18. The quantitative estimate of drug-likeness (QED) is 0.653. The lowest BCUT2D eigenvalue weighted by molar-refractivity contribution is 0.0933. The molecule has 0 atom stereocenters. The summed E-state index contributed by atoms with van der Waals surface area (Å²) in [5.41, 5.74) is -0.254. The van der Waals surface area contributed by atoms with Gasteiger partial charge in [-0.3, -0.25) is 4.79 Å². The molecule has 0 heterocycles. The summed E-state index contributed by atoms with van der Waals surface area (Å²) in [6.07, 6.45) is 0. The molecule has 0 fully saturated rings. The van der Waals surface area contributed by atoms with E-state index < -0.39 is 25.7 Å². The van der Waals surface area contributed by atoms with Gasteiger partial charge in [-0.05, 0) is 18.2 Å². The third kappa shape index (κ3) is 3.94. The Labute approximate surface area is 108 Å². The fraction of sp³-hybridized carbons (Fsp3) is 0.300. The lowest BCUT2D eigenvalue weighted by atomic mass is 10.2. The Morgan fingerprint density at radius 3 is 2.67 bits per heavy atom. The van der Waals surface area contributed by atoms with Gasteiger partial charge in [-0.15, -0.1) is 0 Å². The minimum atomic E-state index is -4.01. The molecule has 8 heteroatoms. The second-order valence-corrected chi connectivity index (χ2v) is 5.89. The van der Waals surface area contributed by atoms with Crippen LogP contribution in [0.5, 0.6) is 0 Å². The molecule has 0 radical (unpaired) electrons. The first kappa shape index (κ1) is 14.9. The Hall–Kier alpha value is -1.18. The van der Waals surface area contributed by atoms with E-state index in [-0.39, 0.29) is 12.1 Å². The average molecular weight is 296 g/mol. The van der Waals surface area contributed by atoms with Crippen LogP contribution in [0, 0.1) is 5.82 Å². The molecule has 100 valence electrons. The number of methoxy groups -OCH3 is 1. The van der Waals surface area contributed by atoms with Crippen LogP contribution in [0.2, 0.25) is 0 Å². The molecule has 0 aliphatic carbocycles. The summed E-state index contributed by atoms with van der Waals surface area (Å²) in [5, 5.41) is 2.41. The van der Waals surface area contributed by atoms with Crippen molar-refractivity contribution in [2.24, 2.45) is 0 Å². The molecule has 0 saturated heterocycles. The number of amides is 1. The number of carbonyl (C=O) groups excluding carboxylic acids is 1. The van der Waals surface area contributed by atoms with Gasteiger partial charge < -0.3 is 10.1 Å². The first-order chi connectivity index (χ1) is 8.36. The molecule has 1 amide bonds. The van der Waals surface area contributed by atoms with Crippen molar-refractivity contribution in [2.45, 2.75) is 4.90 Å². The van der Waals surface area contributed by atoms with E-state index in [0.29, 0.717) is 12.7 Å². The van der Waals surface area contributed by atoms with Crippen LogP contribution in [0.4, 0.5) is 4.39 Å². The number of hydrogen-bond donors (Lipinski definition) is 1. The summed E-state index contributed by atoms with van der Waals surface area (Å²) in [4.78, 5) is 11.1. The molecule has 0 aliphatic rings. The highest BCUT2D eigenvalue weighted by atomic mass is 35.7. The van der Waals surface area contributed by atoms with Crippen molar-refractivity contribution in [3.63, 3.8) is 0 Å². The molecule has 1 N–H and O–H groups in total. The van der Waals surface area contributed by atoms with Crippen molar-refractivity contribution in [3.05, 3.63) is 29.6 Å². The van der Waals surface area contributed by atoms with E-state index in [0.717, 1.165) is 12.1 Å². The summed E-state index contributed by atoms with van der Waals surface area (Å²) in [7, 11) is 2.51. The minimum Gasteiger partial charge on any atom is -0.383 e. The Bertz CT molecular complexity index is 547. The maximum Gasteiger partial charge on any atom is 0.261 e. The third-order valence-electron chi connectivity index (χ3n) is 2.06. The van der Waals surface area contributed by atoms with Gasteiger partial charge >= 0.3 is 0 Å². The Morgan fingerprint density at radius 1 is 1.50 bits per heavy atom. The predicted molar refractivity (Wildman–Crippen MR) is 63.6 cm³/mol. The van der Waals surface area contributed by atoms with Crippen LogP contribution < -0.4 is 5.32 Å². The zero-order valence-electron chi connectivity index (χ0n) is 9.44. The molecular weight excluding hydrogens is 285 g/mol. The fourth-order valence-electron chi connectivity index (χ4n) is 1.19. The number of halogens is 2. The number of carbonyl (C=O) groups is 1. The lowest BCUT2D eigenvalue weighted by Gasteiger charge is -2.06. The smallest absolute Gasteiger partial charge is 0.261 e. The maximum atomic E-state index is 13.5. The summed E-state index contributed by atoms with van der Waals surface area (Å²) in [5.74, 6) is -1.60. The highest BCUT2D eigenvalue weighted by Gasteiger charge is 2.16. The van der Waals surface area contributed by atoms with Gasteiger partial charge in [-0.1, -0.05) is 0 Å². The van der Waals surface area contributed by atoms with Crippen LogP contribution in [-0.2, 0) is 13.8 Å². The van der Waals surface area contributed by atoms with Crippen LogP contribution in [0.25, 0.3) is 0 Å². The van der Waals surface area contributed by atoms with Crippen LogP contribution in [-0.4, -0.2) is 34.6 Å². The molecule has 5 nitrogen and oxygen atoms in total. The summed E-state index contributed by atoms with van der Waals surface area (Å²) in [6, 6.07) is 2.83. The van der Waals surface area contributed by atoms with E-state index in [4.69, 9.17) is 15.4 Å². The van der Waals surface area contributed by atoms with E-state index >= 15 is 0 Å². The molecule has 0 bridgehead atoms. The standard InChI is InChI=1S/C10H11ClFNO4S/c1-17-5-4-13-10(14)8-3-2-7(6-9(8)12)18(11,15)16/h2-3,6H,4-5H2,1H3,(H,13,14). The number of hydrogen-bond acceptors (Lipinski definition) is 4. The van der Waals surface area contributed by atoms with Crippen molar-refractivity contribution in [1.82, 2.24) is 5.32 Å². The van der Waals surface area contributed by atoms with E-state index in [2.05, 4.69) is 5.32 Å². The monoisotopic (exact) mass is 295 g/mol. The van der Waals surface area contributed by atoms with E-state index in [1.807, 2.05) is 0 Å². The van der Waals surface area contributed by atoms with Crippen molar-refractivity contribution in [3.8, 4) is 0 Å². The van der Waals surface area contributed by atoms with Crippen molar-refractivity contribution < 1.29 is 22.3 Å². The van der Waals surface area contributed by atoms with Gasteiger partial charge in [0.05, 0.1) is 17.1 Å². The minimum absolute atomic E-state index is 0.227. The van der Waals surface area contributed by atoms with Gasteiger partial charge in [0.25, 0.3) is 15.0 Å². The molecule has 1 rings (SSSR count). The largest absolute Gasteiger partial charge is 0.383 e. The van der Waals surface area contributed by atoms with Crippen LogP contribution >= 0.6 is 10.7 Å². The molecule has 0 spiro atoms. The number of benzene rings is 1. The summed E-state index contributed by atoms with van der Waals surface area (Å²) < 4.78 is 40.2. The molecule has 1 aromatic carbocycles. The molecule has 1 aromatic rings. The molecule has 0 aromatic heterocycles. The topological polar surface area (TPSA) is 72.5 Å². The normalized spacial score (nSPS) is 11.3. The summed E-state index contributed by atoms with van der Waals surface area (Å²) in [6.45, 7) is 0.520. The van der Waals surface area contributed by atoms with Gasteiger partial charge in [0.2, 0.25) is 0 Å². The van der Waals surface area contributed by atoms with Crippen molar-refractivity contribution in [2.75, 3.05) is 20.3 Å². The molecule has 18 heavy (non-hydrogen) atoms. The van der Waals surface area contributed by atoms with E-state index in [9.17, 15) is 17.6 Å². The van der Waals surface area contributed by atoms with Gasteiger partial charge in [0.15, 0.2) is 0 Å². The fourth-order valence-corrected chi connectivity index (χ4v) is 1.96. The average Bonchev–Trinajstić information content (AvgIpc) is 2.27.